The van der Waals surface area contributed by atoms with Crippen LogP contribution in [0.2, 0.25) is 0 Å². The number of carbonyl (C=O) groups excluding carboxylic acids is 1. The van der Waals surface area contributed by atoms with Crippen molar-refractivity contribution in [2.45, 2.75) is 6.04 Å². The Bertz CT molecular complexity index is 79.4. The molecule has 0 aliphatic heterocycles. The van der Waals surface area contributed by atoms with E-state index in [4.69, 9.17) is 5.73 Å². The van der Waals surface area contributed by atoms with Gasteiger partial charge in [0.1, 0.15) is 0 Å². The molecule has 0 aromatic rings. The van der Waals surface area contributed by atoms with Crippen molar-refractivity contribution < 1.29 is 4.79 Å². The second-order valence-electron chi connectivity index (χ2n) is 1.52. The normalized spacial score (nSPS) is 13.1. The average Bonchev–Trinajstić information content (AvgIpc) is 1.89. The van der Waals surface area contributed by atoms with Gasteiger partial charge in [0.25, 0.3) is 0 Å². The lowest BCUT2D eigenvalue weighted by molar-refractivity contribution is 0.546. The van der Waals surface area contributed by atoms with Gasteiger partial charge in [-0.15, -0.1) is 0 Å². The number of rotatable bonds is 5. The van der Waals surface area contributed by atoms with Gasteiger partial charge in [0.2, 0.25) is 6.29 Å². The van der Waals surface area contributed by atoms with Crippen LogP contribution in [-0.4, -0.2) is 29.6 Å². The topological polar surface area (TPSA) is 43.1 Å². The first-order valence-corrected chi connectivity index (χ1v) is 4.42. The van der Waals surface area contributed by atoms with E-state index in [0.717, 1.165) is 11.5 Å². The minimum absolute atomic E-state index is 0.421. The van der Waals surface area contributed by atoms with E-state index >= 15 is 0 Å². The molecule has 0 rings (SSSR count). The van der Waals surface area contributed by atoms with E-state index in [2.05, 4.69) is 12.6 Å². The fourth-order valence-corrected chi connectivity index (χ4v) is 1.31. The zero-order valence-electron chi connectivity index (χ0n) is 5.04. The Balaban J connectivity index is 2.96. The molecule has 1 atom stereocenters. The first kappa shape index (κ1) is 9.33. The molecular formula is C5H10NOS2. The van der Waals surface area contributed by atoms with Crippen LogP contribution >= 0.6 is 24.4 Å². The summed E-state index contributed by atoms with van der Waals surface area (Å²) >= 11 is 5.61. The molecule has 53 valence electrons. The van der Waals surface area contributed by atoms with E-state index in [9.17, 15) is 4.79 Å². The van der Waals surface area contributed by atoms with Crippen LogP contribution in [0.25, 0.3) is 0 Å². The minimum Gasteiger partial charge on any atom is -0.320 e. The smallest absolute Gasteiger partial charge is 0.217 e. The number of hydrogen-bond donors (Lipinski definition) is 2. The van der Waals surface area contributed by atoms with Gasteiger partial charge in [0.05, 0.1) is 6.04 Å². The highest BCUT2D eigenvalue weighted by atomic mass is 32.2. The molecule has 0 spiro atoms. The van der Waals surface area contributed by atoms with Crippen LogP contribution in [-0.2, 0) is 4.79 Å². The molecule has 0 aliphatic carbocycles. The van der Waals surface area contributed by atoms with Crippen LogP contribution in [0.5, 0.6) is 0 Å². The lowest BCUT2D eigenvalue weighted by Gasteiger charge is -1.99. The number of nitrogens with two attached hydrogens (primary N) is 1. The predicted octanol–water partition coefficient (Wildman–Crippen LogP) is 0.0864. The second kappa shape index (κ2) is 6.45. The molecule has 0 saturated carbocycles. The van der Waals surface area contributed by atoms with Gasteiger partial charge in [0, 0.05) is 11.5 Å². The molecule has 1 radical (unpaired) electrons. The quantitative estimate of drug-likeness (QED) is 0.447. The van der Waals surface area contributed by atoms with Crippen molar-refractivity contribution in [3.05, 3.63) is 0 Å². The molecule has 0 amide bonds. The zero-order chi connectivity index (χ0) is 7.11. The van der Waals surface area contributed by atoms with Crippen LogP contribution in [0.4, 0.5) is 0 Å². The first-order chi connectivity index (χ1) is 4.31. The van der Waals surface area contributed by atoms with E-state index < -0.39 is 6.04 Å². The van der Waals surface area contributed by atoms with Gasteiger partial charge in [-0.25, -0.2) is 0 Å². The summed E-state index contributed by atoms with van der Waals surface area (Å²) in [6.07, 6.45) is 1.71. The van der Waals surface area contributed by atoms with Gasteiger partial charge in [-0.05, 0) is 5.75 Å². The molecule has 0 saturated heterocycles. The Labute approximate surface area is 65.0 Å². The van der Waals surface area contributed by atoms with Crippen molar-refractivity contribution in [1.29, 1.82) is 0 Å². The van der Waals surface area contributed by atoms with E-state index in [1.807, 2.05) is 0 Å². The van der Waals surface area contributed by atoms with E-state index in [-0.39, 0.29) is 0 Å². The van der Waals surface area contributed by atoms with E-state index in [1.165, 1.54) is 0 Å². The Hall–Kier alpha value is 0.330. The summed E-state index contributed by atoms with van der Waals surface area (Å²) in [6.45, 7) is 0. The number of hydrogen-bond acceptors (Lipinski definition) is 4. The molecule has 0 bridgehead atoms. The summed E-state index contributed by atoms with van der Waals surface area (Å²) < 4.78 is 0. The van der Waals surface area contributed by atoms with Gasteiger partial charge in [0.15, 0.2) is 0 Å². The summed E-state index contributed by atoms with van der Waals surface area (Å²) in [4.78, 5) is 9.82. The van der Waals surface area contributed by atoms with Crippen molar-refractivity contribution in [3.8, 4) is 0 Å². The lowest BCUT2D eigenvalue weighted by Crippen LogP contribution is -2.24. The largest absolute Gasteiger partial charge is 0.320 e. The Kier molecular flexibility index (Phi) is 6.69. The first-order valence-electron chi connectivity index (χ1n) is 2.63. The van der Waals surface area contributed by atoms with Crippen LogP contribution in [0, 0.1) is 0 Å². The van der Waals surface area contributed by atoms with Crippen LogP contribution in [0.1, 0.15) is 0 Å². The van der Waals surface area contributed by atoms with Gasteiger partial charge in [-0.2, -0.15) is 24.4 Å². The summed E-state index contributed by atoms with van der Waals surface area (Å²) in [5.74, 6) is 2.43. The summed E-state index contributed by atoms with van der Waals surface area (Å²) in [6, 6.07) is -0.421. The highest BCUT2D eigenvalue weighted by Crippen LogP contribution is 2.00. The van der Waals surface area contributed by atoms with E-state index in [1.54, 1.807) is 18.0 Å². The maximum absolute atomic E-state index is 9.82. The summed E-state index contributed by atoms with van der Waals surface area (Å²) in [5, 5.41) is 0. The molecular weight excluding hydrogens is 154 g/mol. The highest BCUT2D eigenvalue weighted by Gasteiger charge is 1.98. The molecule has 2 N–H and O–H groups in total. The molecule has 2 nitrogen and oxygen atoms in total. The molecule has 0 heterocycles. The number of thiol groups is 1. The molecule has 0 aromatic carbocycles. The monoisotopic (exact) mass is 164 g/mol. The standard InChI is InChI=1S/C5H10NOS2/c6-5(3-7)4-9-2-1-8/h5,8H,1-2,4,6H2. The fraction of sp³-hybridized carbons (Fsp3) is 0.800. The van der Waals surface area contributed by atoms with Crippen molar-refractivity contribution in [2.75, 3.05) is 17.3 Å². The van der Waals surface area contributed by atoms with Crippen LogP contribution < -0.4 is 5.73 Å². The van der Waals surface area contributed by atoms with Crippen molar-refractivity contribution in [2.24, 2.45) is 5.73 Å². The third-order valence-corrected chi connectivity index (χ3v) is 2.30. The number of thioether (sulfide) groups is 1. The zero-order valence-corrected chi connectivity index (χ0v) is 6.75. The third-order valence-electron chi connectivity index (χ3n) is 0.684. The van der Waals surface area contributed by atoms with Crippen LogP contribution in [0.15, 0.2) is 0 Å². The van der Waals surface area contributed by atoms with E-state index in [0.29, 0.717) is 5.75 Å². The average molecular weight is 164 g/mol. The Morgan fingerprint density at radius 1 is 1.78 bits per heavy atom. The molecule has 0 aromatic heterocycles. The molecule has 4 heteroatoms. The Morgan fingerprint density at radius 2 is 2.44 bits per heavy atom. The lowest BCUT2D eigenvalue weighted by atomic mass is 10.4. The third kappa shape index (κ3) is 6.21. The fourth-order valence-electron chi connectivity index (χ4n) is 0.309. The van der Waals surface area contributed by atoms with Gasteiger partial charge >= 0.3 is 0 Å². The maximum atomic E-state index is 9.82. The summed E-state index contributed by atoms with van der Waals surface area (Å²) in [5.41, 5.74) is 5.24. The van der Waals surface area contributed by atoms with Gasteiger partial charge in [-0.3, -0.25) is 4.79 Å². The molecule has 0 fully saturated rings. The molecule has 1 unspecified atom stereocenters. The van der Waals surface area contributed by atoms with Gasteiger partial charge < -0.3 is 5.73 Å². The highest BCUT2D eigenvalue weighted by molar-refractivity contribution is 8.00. The molecule has 9 heavy (non-hydrogen) atoms. The van der Waals surface area contributed by atoms with Gasteiger partial charge in [-0.1, -0.05) is 0 Å². The molecule has 0 aliphatic rings. The van der Waals surface area contributed by atoms with Crippen molar-refractivity contribution >= 4 is 30.7 Å². The maximum Gasteiger partial charge on any atom is 0.217 e. The SMILES string of the molecule is NC([C]=O)CSCCS. The minimum atomic E-state index is -0.421. The predicted molar refractivity (Wildman–Crippen MR) is 44.8 cm³/mol. The summed E-state index contributed by atoms with van der Waals surface area (Å²) in [7, 11) is 0. The van der Waals surface area contributed by atoms with Crippen molar-refractivity contribution in [1.82, 2.24) is 0 Å². The Morgan fingerprint density at radius 3 is 2.89 bits per heavy atom. The van der Waals surface area contributed by atoms with Crippen LogP contribution in [0.3, 0.4) is 0 Å². The second-order valence-corrected chi connectivity index (χ2v) is 3.12. The van der Waals surface area contributed by atoms with Crippen molar-refractivity contribution in [3.63, 3.8) is 0 Å².